The third kappa shape index (κ3) is 5.35. The molecule has 0 amide bonds. The van der Waals surface area contributed by atoms with Crippen molar-refractivity contribution in [3.05, 3.63) is 176 Å². The highest BCUT2D eigenvalue weighted by Crippen LogP contribution is 2.37. The zero-order chi connectivity index (χ0) is 32.6. The van der Waals surface area contributed by atoms with Crippen LogP contribution in [0.1, 0.15) is 0 Å². The van der Waals surface area contributed by atoms with Crippen LogP contribution in [0.3, 0.4) is 0 Å². The van der Waals surface area contributed by atoms with E-state index in [9.17, 15) is 0 Å². The van der Waals surface area contributed by atoms with Crippen LogP contribution in [0.5, 0.6) is 0 Å². The number of nitrogens with zero attached hydrogens (tertiary/aromatic N) is 3. The van der Waals surface area contributed by atoms with Crippen molar-refractivity contribution in [2.24, 2.45) is 0 Å². The zero-order valence-electron chi connectivity index (χ0n) is 26.5. The van der Waals surface area contributed by atoms with Gasteiger partial charge in [-0.2, -0.15) is 0 Å². The van der Waals surface area contributed by atoms with Crippen LogP contribution in [-0.2, 0) is 0 Å². The summed E-state index contributed by atoms with van der Waals surface area (Å²) in [6, 6.07) is 60.6. The van der Waals surface area contributed by atoms with E-state index >= 15 is 0 Å². The lowest BCUT2D eigenvalue weighted by atomic mass is 9.92. The molecule has 0 saturated heterocycles. The molecule has 4 nitrogen and oxygen atoms in total. The van der Waals surface area contributed by atoms with Crippen molar-refractivity contribution in [1.82, 2.24) is 15.0 Å². The SMILES string of the molecule is c1ccc(-c2nc(-c3cccc(-c4cccc(-c5ccccc5-c5ccccc5)c4)c3)nc(-c3cccc4c3oc3ccccc34)n2)cc1. The molecule has 0 aliphatic heterocycles. The van der Waals surface area contributed by atoms with E-state index in [-0.39, 0.29) is 0 Å². The molecule has 2 aromatic heterocycles. The number of rotatable bonds is 6. The molecule has 49 heavy (non-hydrogen) atoms. The van der Waals surface area contributed by atoms with Crippen molar-refractivity contribution < 1.29 is 4.42 Å². The van der Waals surface area contributed by atoms with E-state index in [1.165, 1.54) is 16.7 Å². The second-order valence-electron chi connectivity index (χ2n) is 12.0. The van der Waals surface area contributed by atoms with Gasteiger partial charge in [0.15, 0.2) is 17.5 Å². The van der Waals surface area contributed by atoms with E-state index in [0.717, 1.165) is 55.3 Å². The monoisotopic (exact) mass is 627 g/mol. The van der Waals surface area contributed by atoms with Crippen molar-refractivity contribution in [3.63, 3.8) is 0 Å². The first kappa shape index (κ1) is 28.6. The first-order chi connectivity index (χ1) is 24.3. The summed E-state index contributed by atoms with van der Waals surface area (Å²) in [6.45, 7) is 0. The first-order valence-electron chi connectivity index (χ1n) is 16.4. The number of benzene rings is 7. The first-order valence-corrected chi connectivity index (χ1v) is 16.4. The minimum absolute atomic E-state index is 0.568. The molecule has 0 spiro atoms. The molecule has 2 heterocycles. The molecule has 0 fully saturated rings. The Morgan fingerprint density at radius 3 is 1.53 bits per heavy atom. The van der Waals surface area contributed by atoms with Crippen LogP contribution >= 0.6 is 0 Å². The third-order valence-corrected chi connectivity index (χ3v) is 8.95. The predicted octanol–water partition coefficient (Wildman–Crippen LogP) is 11.8. The van der Waals surface area contributed by atoms with Gasteiger partial charge in [0.1, 0.15) is 11.2 Å². The second kappa shape index (κ2) is 12.2. The molecule has 4 heteroatoms. The molecule has 0 bridgehead atoms. The molecule has 0 radical (unpaired) electrons. The highest BCUT2D eigenvalue weighted by atomic mass is 16.3. The van der Waals surface area contributed by atoms with Crippen molar-refractivity contribution in [2.75, 3.05) is 0 Å². The van der Waals surface area contributed by atoms with Crippen LogP contribution in [0, 0.1) is 0 Å². The summed E-state index contributed by atoms with van der Waals surface area (Å²) < 4.78 is 6.39. The summed E-state index contributed by atoms with van der Waals surface area (Å²) in [4.78, 5) is 15.1. The Kier molecular flexibility index (Phi) is 7.10. The fourth-order valence-corrected chi connectivity index (χ4v) is 6.57. The number of furan rings is 1. The van der Waals surface area contributed by atoms with E-state index in [1.807, 2.05) is 60.7 Å². The number of para-hydroxylation sites is 2. The maximum Gasteiger partial charge on any atom is 0.167 e. The van der Waals surface area contributed by atoms with Gasteiger partial charge in [-0.15, -0.1) is 0 Å². The standard InChI is InChI=1S/C45H29N3O/c1-3-14-30(15-4-1)36-22-7-8-23-37(36)34-20-11-18-32(28-34)33-19-12-21-35(29-33)44-46-43(31-16-5-2-6-17-31)47-45(48-44)40-26-13-25-39-38-24-9-10-27-41(38)49-42(39)40/h1-29H. The summed E-state index contributed by atoms with van der Waals surface area (Å²) >= 11 is 0. The predicted molar refractivity (Wildman–Crippen MR) is 200 cm³/mol. The van der Waals surface area contributed by atoms with Gasteiger partial charge in [0.25, 0.3) is 0 Å². The molecule has 0 aliphatic carbocycles. The van der Waals surface area contributed by atoms with Gasteiger partial charge in [-0.3, -0.25) is 0 Å². The number of aromatic nitrogens is 3. The number of fused-ring (bicyclic) bond motifs is 3. The van der Waals surface area contributed by atoms with Gasteiger partial charge in [-0.25, -0.2) is 15.0 Å². The van der Waals surface area contributed by atoms with Gasteiger partial charge in [-0.1, -0.05) is 152 Å². The lowest BCUT2D eigenvalue weighted by Gasteiger charge is -2.12. The number of hydrogen-bond donors (Lipinski definition) is 0. The fourth-order valence-electron chi connectivity index (χ4n) is 6.57. The lowest BCUT2D eigenvalue weighted by Crippen LogP contribution is -2.00. The summed E-state index contributed by atoms with van der Waals surface area (Å²) in [7, 11) is 0. The Morgan fingerprint density at radius 1 is 0.306 bits per heavy atom. The molecular formula is C45H29N3O. The van der Waals surface area contributed by atoms with Crippen LogP contribution in [0.15, 0.2) is 180 Å². The molecule has 9 rings (SSSR count). The Morgan fingerprint density at radius 2 is 0.776 bits per heavy atom. The Balaban J connectivity index is 1.16. The van der Waals surface area contributed by atoms with E-state index in [2.05, 4.69) is 115 Å². The van der Waals surface area contributed by atoms with Crippen LogP contribution in [0.4, 0.5) is 0 Å². The van der Waals surface area contributed by atoms with Crippen LogP contribution < -0.4 is 0 Å². The topological polar surface area (TPSA) is 51.8 Å². The van der Waals surface area contributed by atoms with Gasteiger partial charge < -0.3 is 4.42 Å². The smallest absolute Gasteiger partial charge is 0.167 e. The fraction of sp³-hybridized carbons (Fsp3) is 0. The summed E-state index contributed by atoms with van der Waals surface area (Å²) in [6.07, 6.45) is 0. The molecular weight excluding hydrogens is 599 g/mol. The van der Waals surface area contributed by atoms with Crippen molar-refractivity contribution in [1.29, 1.82) is 0 Å². The maximum atomic E-state index is 6.39. The number of hydrogen-bond acceptors (Lipinski definition) is 4. The molecule has 0 saturated carbocycles. The Hall–Kier alpha value is -6.65. The van der Waals surface area contributed by atoms with Crippen molar-refractivity contribution >= 4 is 21.9 Å². The lowest BCUT2D eigenvalue weighted by molar-refractivity contribution is 0.669. The largest absolute Gasteiger partial charge is 0.455 e. The summed E-state index contributed by atoms with van der Waals surface area (Å²) in [5.41, 5.74) is 11.2. The molecule has 0 N–H and O–H groups in total. The van der Waals surface area contributed by atoms with Gasteiger partial charge in [0.2, 0.25) is 0 Å². The summed E-state index contributed by atoms with van der Waals surface area (Å²) in [5.74, 6) is 1.78. The van der Waals surface area contributed by atoms with E-state index in [1.54, 1.807) is 0 Å². The van der Waals surface area contributed by atoms with Gasteiger partial charge in [0.05, 0.1) is 5.56 Å². The summed E-state index contributed by atoms with van der Waals surface area (Å²) in [5, 5.41) is 2.10. The molecule has 7 aromatic carbocycles. The normalized spacial score (nSPS) is 11.3. The highest BCUT2D eigenvalue weighted by Gasteiger charge is 2.18. The average molecular weight is 628 g/mol. The van der Waals surface area contributed by atoms with Crippen molar-refractivity contribution in [2.45, 2.75) is 0 Å². The molecule has 0 aliphatic rings. The van der Waals surface area contributed by atoms with E-state index in [4.69, 9.17) is 19.4 Å². The van der Waals surface area contributed by atoms with Crippen LogP contribution in [-0.4, -0.2) is 15.0 Å². The van der Waals surface area contributed by atoms with Crippen LogP contribution in [0.2, 0.25) is 0 Å². The van der Waals surface area contributed by atoms with Gasteiger partial charge in [0, 0.05) is 21.9 Å². The van der Waals surface area contributed by atoms with E-state index in [0.29, 0.717) is 17.5 Å². The third-order valence-electron chi connectivity index (χ3n) is 8.95. The minimum atomic E-state index is 0.568. The Bertz CT molecular complexity index is 2610. The average Bonchev–Trinajstić information content (AvgIpc) is 3.58. The zero-order valence-corrected chi connectivity index (χ0v) is 26.5. The molecule has 230 valence electrons. The highest BCUT2D eigenvalue weighted by molar-refractivity contribution is 6.09. The van der Waals surface area contributed by atoms with E-state index < -0.39 is 0 Å². The molecule has 0 unspecified atom stereocenters. The Labute approximate surface area is 284 Å². The van der Waals surface area contributed by atoms with Crippen LogP contribution in [0.25, 0.3) is 89.5 Å². The quantitative estimate of drug-likeness (QED) is 0.184. The van der Waals surface area contributed by atoms with Crippen molar-refractivity contribution in [3.8, 4) is 67.5 Å². The van der Waals surface area contributed by atoms with Gasteiger partial charge in [-0.05, 0) is 57.6 Å². The molecule has 9 aromatic rings. The second-order valence-corrected chi connectivity index (χ2v) is 12.0. The molecule has 0 atom stereocenters. The maximum absolute atomic E-state index is 6.39. The van der Waals surface area contributed by atoms with Gasteiger partial charge >= 0.3 is 0 Å². The minimum Gasteiger partial charge on any atom is -0.455 e.